The molecule has 0 aromatic rings. The van der Waals surface area contributed by atoms with Crippen molar-refractivity contribution < 1.29 is 9.31 Å². The zero-order valence-electron chi connectivity index (χ0n) is 2.10. The standard InChI is InChI=1S/CH2BO2/c1-3-2-4-1/h1H2. The molecule has 3 heteroatoms. The van der Waals surface area contributed by atoms with Crippen LogP contribution in [-0.4, -0.2) is 14.5 Å². The number of hydrogen-bond donors (Lipinski definition) is 0. The van der Waals surface area contributed by atoms with E-state index in [1.54, 1.807) is 0 Å². The maximum Gasteiger partial charge on any atom is 0.491 e. The van der Waals surface area contributed by atoms with Crippen molar-refractivity contribution in [3.63, 3.8) is 0 Å². The Balaban J connectivity index is 2.00. The predicted octanol–water partition coefficient (Wildman–Crippen LogP) is -0.475. The molecule has 0 N–H and O–H groups in total. The molecule has 4 heavy (non-hydrogen) atoms. The highest BCUT2D eigenvalue weighted by atomic mass is 16.8. The molecule has 21 valence electrons. The Kier molecular flexibility index (Phi) is 0.414. The first-order chi connectivity index (χ1) is 2.00. The lowest BCUT2D eigenvalue weighted by Gasteiger charge is -2.08. The van der Waals surface area contributed by atoms with E-state index in [1.807, 2.05) is 0 Å². The Labute approximate surface area is 25.0 Å². The molecule has 1 saturated heterocycles. The van der Waals surface area contributed by atoms with Gasteiger partial charge in [-0.3, -0.25) is 0 Å². The first-order valence-electron chi connectivity index (χ1n) is 1.05. The van der Waals surface area contributed by atoms with Gasteiger partial charge in [-0.05, 0) is 0 Å². The van der Waals surface area contributed by atoms with E-state index in [0.29, 0.717) is 6.79 Å². The number of hydrogen-bond acceptors (Lipinski definition) is 2. The first-order valence-corrected chi connectivity index (χ1v) is 1.05. The molecule has 1 rings (SSSR count). The molecule has 2 nitrogen and oxygen atoms in total. The van der Waals surface area contributed by atoms with Crippen LogP contribution in [0.3, 0.4) is 0 Å². The highest BCUT2D eigenvalue weighted by Crippen LogP contribution is 1.83. The lowest BCUT2D eigenvalue weighted by molar-refractivity contribution is 0.00920. The molecule has 1 heterocycles. The molecule has 0 amide bonds. The zero-order chi connectivity index (χ0) is 2.83. The summed E-state index contributed by atoms with van der Waals surface area (Å²) in [6.45, 7) is 0.444. The highest BCUT2D eigenvalue weighted by molar-refractivity contribution is 6.20. The molecule has 1 fully saturated rings. The van der Waals surface area contributed by atoms with Crippen LogP contribution in [0.5, 0.6) is 0 Å². The van der Waals surface area contributed by atoms with Gasteiger partial charge in [-0.15, -0.1) is 0 Å². The SMILES string of the molecule is [B]1OCO1. The smallest absolute Gasteiger partial charge is 0.391 e. The predicted molar refractivity (Wildman–Crippen MR) is 12.8 cm³/mol. The lowest BCUT2D eigenvalue weighted by Crippen LogP contribution is -2.18. The topological polar surface area (TPSA) is 18.5 Å². The van der Waals surface area contributed by atoms with Gasteiger partial charge in [-0.25, -0.2) is 0 Å². The average Bonchev–Trinajstić information content (AvgIpc) is 0.722. The van der Waals surface area contributed by atoms with Crippen LogP contribution in [0.2, 0.25) is 0 Å². The third-order valence-corrected chi connectivity index (χ3v) is 0.272. The van der Waals surface area contributed by atoms with Crippen molar-refractivity contribution in [3.05, 3.63) is 0 Å². The maximum atomic E-state index is 4.38. The fourth-order valence-electron chi connectivity index (χ4n) is 0.0680. The van der Waals surface area contributed by atoms with E-state index in [9.17, 15) is 0 Å². The van der Waals surface area contributed by atoms with Gasteiger partial charge in [0.1, 0.15) is 6.79 Å². The summed E-state index contributed by atoms with van der Waals surface area (Å²) in [4.78, 5) is 0. The molecular formula is CH2BO2. The van der Waals surface area contributed by atoms with E-state index in [4.69, 9.17) is 0 Å². The minimum Gasteiger partial charge on any atom is -0.391 e. The van der Waals surface area contributed by atoms with Crippen LogP contribution < -0.4 is 0 Å². The Morgan fingerprint density at radius 2 is 1.75 bits per heavy atom. The van der Waals surface area contributed by atoms with Crippen molar-refractivity contribution >= 4 is 7.69 Å². The van der Waals surface area contributed by atoms with Crippen LogP contribution in [0.15, 0.2) is 0 Å². The summed E-state index contributed by atoms with van der Waals surface area (Å²) in [5.41, 5.74) is 0. The van der Waals surface area contributed by atoms with Gasteiger partial charge in [-0.1, -0.05) is 0 Å². The normalized spacial score (nSPS) is 22.0. The summed E-state index contributed by atoms with van der Waals surface area (Å²) >= 11 is 0. The molecule has 0 saturated carbocycles. The van der Waals surface area contributed by atoms with Crippen molar-refractivity contribution in [1.29, 1.82) is 0 Å². The zero-order valence-corrected chi connectivity index (χ0v) is 2.10. The summed E-state index contributed by atoms with van der Waals surface area (Å²) < 4.78 is 8.75. The molecule has 0 aliphatic carbocycles. The Morgan fingerprint density at radius 3 is 1.75 bits per heavy atom. The summed E-state index contributed by atoms with van der Waals surface area (Å²) in [7, 11) is 1.31. The van der Waals surface area contributed by atoms with Crippen molar-refractivity contribution in [1.82, 2.24) is 0 Å². The average molecular weight is 56.8 g/mol. The van der Waals surface area contributed by atoms with Crippen molar-refractivity contribution in [3.8, 4) is 0 Å². The van der Waals surface area contributed by atoms with Crippen molar-refractivity contribution in [2.24, 2.45) is 0 Å². The van der Waals surface area contributed by atoms with Crippen LogP contribution >= 0.6 is 0 Å². The van der Waals surface area contributed by atoms with E-state index in [-0.39, 0.29) is 0 Å². The highest BCUT2D eigenvalue weighted by Gasteiger charge is 2.00. The molecule has 1 aliphatic heterocycles. The van der Waals surface area contributed by atoms with E-state index in [2.05, 4.69) is 9.31 Å². The largest absolute Gasteiger partial charge is 0.491 e. The van der Waals surface area contributed by atoms with Gasteiger partial charge in [-0.2, -0.15) is 0 Å². The van der Waals surface area contributed by atoms with E-state index in [0.717, 1.165) is 0 Å². The van der Waals surface area contributed by atoms with Gasteiger partial charge in [0.2, 0.25) is 0 Å². The number of rotatable bonds is 0. The fraction of sp³-hybridized carbons (Fsp3) is 1.00. The van der Waals surface area contributed by atoms with Gasteiger partial charge in [0.25, 0.3) is 0 Å². The van der Waals surface area contributed by atoms with Crippen LogP contribution in [0.25, 0.3) is 0 Å². The maximum absolute atomic E-state index is 4.38. The summed E-state index contributed by atoms with van der Waals surface area (Å²) in [6.07, 6.45) is 0. The van der Waals surface area contributed by atoms with Gasteiger partial charge < -0.3 is 9.31 Å². The quantitative estimate of drug-likeness (QED) is 0.350. The first kappa shape index (κ1) is 2.24. The lowest BCUT2D eigenvalue weighted by atomic mass is 10.4. The Morgan fingerprint density at radius 1 is 1.50 bits per heavy atom. The molecule has 0 aromatic carbocycles. The molecule has 0 spiro atoms. The molecular weight excluding hydrogens is 54.8 g/mol. The van der Waals surface area contributed by atoms with Gasteiger partial charge in [0.15, 0.2) is 0 Å². The van der Waals surface area contributed by atoms with E-state index in [1.165, 1.54) is 7.69 Å². The summed E-state index contributed by atoms with van der Waals surface area (Å²) in [5, 5.41) is 0. The van der Waals surface area contributed by atoms with Crippen molar-refractivity contribution in [2.45, 2.75) is 0 Å². The van der Waals surface area contributed by atoms with Gasteiger partial charge in [0.05, 0.1) is 0 Å². The van der Waals surface area contributed by atoms with Crippen LogP contribution in [0.1, 0.15) is 0 Å². The molecule has 0 atom stereocenters. The molecule has 0 aromatic heterocycles. The second-order valence-electron chi connectivity index (χ2n) is 0.547. The van der Waals surface area contributed by atoms with Crippen LogP contribution in [-0.2, 0) is 9.31 Å². The second-order valence-corrected chi connectivity index (χ2v) is 0.547. The second kappa shape index (κ2) is 0.741. The Bertz CT molecular complexity index is 14.0. The fourth-order valence-corrected chi connectivity index (χ4v) is 0.0680. The molecule has 0 unspecified atom stereocenters. The minimum atomic E-state index is 0.444. The van der Waals surface area contributed by atoms with Gasteiger partial charge >= 0.3 is 7.69 Å². The van der Waals surface area contributed by atoms with E-state index >= 15 is 0 Å². The van der Waals surface area contributed by atoms with Crippen LogP contribution in [0.4, 0.5) is 0 Å². The third-order valence-electron chi connectivity index (χ3n) is 0.272. The molecule has 1 aliphatic rings. The summed E-state index contributed by atoms with van der Waals surface area (Å²) in [6, 6.07) is 0. The summed E-state index contributed by atoms with van der Waals surface area (Å²) in [5.74, 6) is 0. The van der Waals surface area contributed by atoms with Crippen molar-refractivity contribution in [2.75, 3.05) is 6.79 Å². The minimum absolute atomic E-state index is 0.444. The van der Waals surface area contributed by atoms with E-state index < -0.39 is 0 Å². The third kappa shape index (κ3) is 0.121. The molecule has 0 bridgehead atoms. The Hall–Kier alpha value is -0.0151. The monoisotopic (exact) mass is 57.0 g/mol. The van der Waals surface area contributed by atoms with Crippen LogP contribution in [0, 0.1) is 0 Å². The molecule has 1 radical (unpaired) electrons. The van der Waals surface area contributed by atoms with Gasteiger partial charge in [0, 0.05) is 0 Å².